The van der Waals surface area contributed by atoms with Crippen molar-refractivity contribution in [3.63, 3.8) is 0 Å². The predicted molar refractivity (Wildman–Crippen MR) is 212 cm³/mol. The van der Waals surface area contributed by atoms with E-state index in [1.807, 2.05) is 75.0 Å². The van der Waals surface area contributed by atoms with Gasteiger partial charge in [-0.3, -0.25) is 9.78 Å². The Kier molecular flexibility index (Phi) is 8.02. The molecule has 1 fully saturated rings. The summed E-state index contributed by atoms with van der Waals surface area (Å²) in [6, 6.07) is 14.2. The summed E-state index contributed by atoms with van der Waals surface area (Å²) in [7, 11) is 0. The van der Waals surface area contributed by atoms with Crippen LogP contribution in [-0.2, 0) is 5.54 Å². The molecule has 1 aliphatic carbocycles. The molecule has 0 unspecified atom stereocenters. The minimum atomic E-state index is -0.698. The average molecular weight is 733 g/mol. The van der Waals surface area contributed by atoms with E-state index in [0.717, 1.165) is 53.4 Å². The van der Waals surface area contributed by atoms with Gasteiger partial charge in [-0.05, 0) is 64.3 Å². The topological polar surface area (TPSA) is 210 Å². The maximum atomic E-state index is 13.7. The first-order valence-corrected chi connectivity index (χ1v) is 18.4. The highest BCUT2D eigenvalue weighted by atomic mass is 16.1. The van der Waals surface area contributed by atoms with E-state index < -0.39 is 5.54 Å². The molecule has 276 valence electrons. The van der Waals surface area contributed by atoms with Crippen molar-refractivity contribution in [3.05, 3.63) is 84.2 Å². The number of carbonyl (C=O) groups is 1. The molecule has 0 aliphatic heterocycles. The largest absolute Gasteiger partial charge is 0.383 e. The molecule has 1 amide bonds. The monoisotopic (exact) mass is 732 g/mol. The number of hydrogen-bond donors (Lipinski definition) is 4. The molecule has 1 aromatic carbocycles. The fourth-order valence-corrected chi connectivity index (χ4v) is 7.57. The van der Waals surface area contributed by atoms with E-state index in [-0.39, 0.29) is 24.2 Å². The number of aromatic amines is 1. The lowest BCUT2D eigenvalue weighted by Crippen LogP contribution is -2.42. The van der Waals surface area contributed by atoms with Gasteiger partial charge in [0.05, 0.1) is 22.4 Å². The SMILES string of the molecule is Cc1ccc(-c2nn(C(C)(C)CNC(=O)c3ncc(-c4nc(N)c5c(-c6cnc7[nH]ccc7c6)nn(C6CCCC6)c5n4)cc3C)c3ncnc(N)c23)cc1. The number of nitrogens with two attached hydrogens (primary N) is 2. The standard InChI is InChI=1S/C40H40N14O/c1-21-9-11-23(12-10-21)31-28-33(41)47-20-48-37(28)54(52-31)40(3,4)19-46-39(55)30-22(2)15-26(18-44-30)36-49-34(42)29-32(25-16-24-13-14-43-35(24)45-17-25)51-53(38(29)50-36)27-7-5-6-8-27/h9-18,20,27H,5-8,19H2,1-4H3,(H,43,45)(H,46,55)(H2,41,47,48)(H2,42,49,50). The van der Waals surface area contributed by atoms with E-state index in [2.05, 4.69) is 36.3 Å². The average Bonchev–Trinajstić information content (AvgIpc) is 4.00. The van der Waals surface area contributed by atoms with Crippen LogP contribution in [-0.4, -0.2) is 66.9 Å². The fraction of sp³-hybridized carbons (Fsp3) is 0.275. The van der Waals surface area contributed by atoms with E-state index >= 15 is 0 Å². The Hall–Kier alpha value is -6.77. The minimum Gasteiger partial charge on any atom is -0.383 e. The molecule has 15 nitrogen and oxygen atoms in total. The smallest absolute Gasteiger partial charge is 0.270 e. The second-order valence-corrected chi connectivity index (χ2v) is 15.0. The maximum absolute atomic E-state index is 13.7. The van der Waals surface area contributed by atoms with Crippen LogP contribution in [0.25, 0.3) is 67.0 Å². The van der Waals surface area contributed by atoms with Crippen LogP contribution in [0, 0.1) is 13.8 Å². The van der Waals surface area contributed by atoms with Gasteiger partial charge in [0.1, 0.15) is 40.7 Å². The third-order valence-corrected chi connectivity index (χ3v) is 10.5. The highest BCUT2D eigenvalue weighted by Gasteiger charge is 2.30. The Bertz CT molecular complexity index is 2770. The Morgan fingerprint density at radius 1 is 0.855 bits per heavy atom. The molecule has 0 bridgehead atoms. The number of hydrogen-bond acceptors (Lipinski definition) is 11. The number of nitrogens with one attached hydrogen (secondary N) is 2. The van der Waals surface area contributed by atoms with E-state index in [0.29, 0.717) is 62.0 Å². The number of aryl methyl sites for hydroxylation is 2. The molecular formula is C40H40N14O. The van der Waals surface area contributed by atoms with Crippen molar-refractivity contribution in [2.24, 2.45) is 0 Å². The lowest BCUT2D eigenvalue weighted by Gasteiger charge is -2.26. The minimum absolute atomic E-state index is 0.205. The molecule has 8 aromatic rings. The molecule has 0 saturated heterocycles. The van der Waals surface area contributed by atoms with E-state index in [9.17, 15) is 4.79 Å². The molecule has 15 heteroatoms. The lowest BCUT2D eigenvalue weighted by molar-refractivity contribution is 0.0930. The highest BCUT2D eigenvalue weighted by molar-refractivity contribution is 6.01. The van der Waals surface area contributed by atoms with Gasteiger partial charge in [0, 0.05) is 47.2 Å². The molecule has 0 spiro atoms. The number of fused-ring (bicyclic) bond motifs is 3. The number of nitrogen functional groups attached to an aromatic ring is 2. The van der Waals surface area contributed by atoms with Crippen LogP contribution in [0.4, 0.5) is 11.6 Å². The van der Waals surface area contributed by atoms with Gasteiger partial charge in [0.25, 0.3) is 5.91 Å². The number of nitrogens with zero attached hydrogens (tertiary/aromatic N) is 10. The molecule has 7 heterocycles. The van der Waals surface area contributed by atoms with E-state index in [1.54, 1.807) is 17.1 Å². The van der Waals surface area contributed by atoms with Crippen molar-refractivity contribution >= 4 is 50.6 Å². The van der Waals surface area contributed by atoms with Crippen LogP contribution in [0.5, 0.6) is 0 Å². The molecule has 0 atom stereocenters. The quantitative estimate of drug-likeness (QED) is 0.136. The zero-order chi connectivity index (χ0) is 38.0. The molecule has 7 aromatic heterocycles. The third kappa shape index (κ3) is 5.88. The molecule has 9 rings (SSSR count). The van der Waals surface area contributed by atoms with Crippen molar-refractivity contribution in [2.75, 3.05) is 18.0 Å². The summed E-state index contributed by atoms with van der Waals surface area (Å²) in [4.78, 5) is 44.6. The first-order valence-electron chi connectivity index (χ1n) is 18.4. The number of carbonyl (C=O) groups excluding carboxylic acids is 1. The van der Waals surface area contributed by atoms with Gasteiger partial charge in [0.2, 0.25) is 0 Å². The van der Waals surface area contributed by atoms with Gasteiger partial charge >= 0.3 is 0 Å². The molecule has 6 N–H and O–H groups in total. The number of rotatable bonds is 8. The predicted octanol–water partition coefficient (Wildman–Crippen LogP) is 6.30. The second-order valence-electron chi connectivity index (χ2n) is 15.0. The van der Waals surface area contributed by atoms with Crippen LogP contribution in [0.1, 0.15) is 67.2 Å². The Labute approximate surface area is 315 Å². The number of H-pyrrole nitrogens is 1. The molecular weight excluding hydrogens is 693 g/mol. The van der Waals surface area contributed by atoms with Crippen LogP contribution < -0.4 is 16.8 Å². The number of anilines is 2. The highest BCUT2D eigenvalue weighted by Crippen LogP contribution is 2.38. The summed E-state index contributed by atoms with van der Waals surface area (Å²) < 4.78 is 3.81. The summed E-state index contributed by atoms with van der Waals surface area (Å²) in [5, 5.41) is 15.4. The van der Waals surface area contributed by atoms with Gasteiger partial charge in [-0.2, -0.15) is 10.2 Å². The van der Waals surface area contributed by atoms with Crippen molar-refractivity contribution in [2.45, 2.75) is 65.0 Å². The summed E-state index contributed by atoms with van der Waals surface area (Å²) in [5.74, 6) is 0.745. The Balaban J connectivity index is 1.00. The maximum Gasteiger partial charge on any atom is 0.270 e. The van der Waals surface area contributed by atoms with Crippen molar-refractivity contribution in [1.29, 1.82) is 0 Å². The zero-order valence-corrected chi connectivity index (χ0v) is 31.0. The number of benzene rings is 1. The van der Waals surface area contributed by atoms with Crippen molar-refractivity contribution < 1.29 is 4.79 Å². The molecule has 0 radical (unpaired) electrons. The van der Waals surface area contributed by atoms with Gasteiger partial charge in [-0.25, -0.2) is 34.3 Å². The lowest BCUT2D eigenvalue weighted by atomic mass is 10.1. The van der Waals surface area contributed by atoms with Gasteiger partial charge in [-0.15, -0.1) is 0 Å². The van der Waals surface area contributed by atoms with Crippen molar-refractivity contribution in [3.8, 4) is 33.9 Å². The fourth-order valence-electron chi connectivity index (χ4n) is 7.57. The number of aromatic nitrogens is 11. The summed E-state index contributed by atoms with van der Waals surface area (Å²) in [5.41, 5.74) is 20.3. The van der Waals surface area contributed by atoms with E-state index in [4.69, 9.17) is 31.6 Å². The normalized spacial score (nSPS) is 13.7. The summed E-state index contributed by atoms with van der Waals surface area (Å²) in [6.45, 7) is 8.07. The van der Waals surface area contributed by atoms with Gasteiger partial charge in [-0.1, -0.05) is 42.7 Å². The Morgan fingerprint density at radius 3 is 2.38 bits per heavy atom. The van der Waals surface area contributed by atoms with Crippen LogP contribution in [0.3, 0.4) is 0 Å². The van der Waals surface area contributed by atoms with Crippen molar-refractivity contribution in [1.82, 2.24) is 59.8 Å². The van der Waals surface area contributed by atoms with Crippen LogP contribution in [0.15, 0.2) is 67.4 Å². The molecule has 1 aliphatic rings. The molecule has 55 heavy (non-hydrogen) atoms. The zero-order valence-electron chi connectivity index (χ0n) is 31.0. The third-order valence-electron chi connectivity index (χ3n) is 10.5. The van der Waals surface area contributed by atoms with Crippen LogP contribution in [0.2, 0.25) is 0 Å². The first-order chi connectivity index (χ1) is 26.6. The first kappa shape index (κ1) is 34.0. The summed E-state index contributed by atoms with van der Waals surface area (Å²) >= 11 is 0. The Morgan fingerprint density at radius 2 is 1.60 bits per heavy atom. The van der Waals surface area contributed by atoms with Crippen LogP contribution >= 0.6 is 0 Å². The second kappa shape index (κ2) is 13.0. The van der Waals surface area contributed by atoms with E-state index in [1.165, 1.54) is 6.33 Å². The molecule has 1 saturated carbocycles. The number of pyridine rings is 2. The summed E-state index contributed by atoms with van der Waals surface area (Å²) in [6.07, 6.45) is 11.0. The van der Waals surface area contributed by atoms with Gasteiger partial charge in [0.15, 0.2) is 17.1 Å². The van der Waals surface area contributed by atoms with Gasteiger partial charge < -0.3 is 21.8 Å². The number of amides is 1.